The van der Waals surface area contributed by atoms with Crippen LogP contribution in [-0.4, -0.2) is 14.9 Å². The first-order valence-corrected chi connectivity index (χ1v) is 7.61. The summed E-state index contributed by atoms with van der Waals surface area (Å²) in [5.41, 5.74) is 3.18. The van der Waals surface area contributed by atoms with Crippen molar-refractivity contribution >= 4 is 0 Å². The molecule has 1 aromatic heterocycles. The summed E-state index contributed by atoms with van der Waals surface area (Å²) in [5.74, 6) is 0.800. The van der Waals surface area contributed by atoms with Crippen molar-refractivity contribution in [1.82, 2.24) is 9.78 Å². The van der Waals surface area contributed by atoms with Gasteiger partial charge in [-0.2, -0.15) is 5.10 Å². The number of hydrogen-bond donors (Lipinski definition) is 1. The molecule has 1 aliphatic rings. The van der Waals surface area contributed by atoms with E-state index < -0.39 is 0 Å². The molecule has 2 aromatic rings. The van der Waals surface area contributed by atoms with Crippen molar-refractivity contribution in [3.8, 4) is 5.75 Å². The average molecular weight is 286 g/mol. The number of benzene rings is 1. The Morgan fingerprint density at radius 1 is 1.38 bits per heavy atom. The molecule has 0 amide bonds. The molecular weight excluding hydrogens is 264 g/mol. The van der Waals surface area contributed by atoms with Gasteiger partial charge in [0.2, 0.25) is 0 Å². The van der Waals surface area contributed by atoms with E-state index in [4.69, 9.17) is 4.74 Å². The molecule has 3 rings (SSSR count). The molecule has 1 unspecified atom stereocenters. The summed E-state index contributed by atoms with van der Waals surface area (Å²) in [6.45, 7) is 4.65. The zero-order valence-corrected chi connectivity index (χ0v) is 12.6. The highest BCUT2D eigenvalue weighted by Gasteiger charge is 2.18. The highest BCUT2D eigenvalue weighted by atomic mass is 16.5. The maximum atomic E-state index is 10.1. The molecule has 1 aliphatic carbocycles. The van der Waals surface area contributed by atoms with Gasteiger partial charge in [-0.05, 0) is 62.4 Å². The van der Waals surface area contributed by atoms with Gasteiger partial charge >= 0.3 is 0 Å². The first kappa shape index (κ1) is 14.1. The summed E-state index contributed by atoms with van der Waals surface area (Å²) < 4.78 is 7.74. The Bertz CT molecular complexity index is 619. The first-order chi connectivity index (χ1) is 10.1. The minimum atomic E-state index is -0.350. The lowest BCUT2D eigenvalue weighted by Gasteiger charge is -2.21. The van der Waals surface area contributed by atoms with Gasteiger partial charge in [-0.15, -0.1) is 0 Å². The van der Waals surface area contributed by atoms with E-state index in [1.54, 1.807) is 0 Å². The summed E-state index contributed by atoms with van der Waals surface area (Å²) in [6.07, 6.45) is 4.57. The molecule has 112 valence electrons. The summed E-state index contributed by atoms with van der Waals surface area (Å²) in [7, 11) is 0. The Hall–Kier alpha value is -1.81. The molecule has 1 N–H and O–H groups in total. The number of aliphatic hydroxyl groups is 1. The molecule has 21 heavy (non-hydrogen) atoms. The smallest absolute Gasteiger partial charge is 0.132 e. The topological polar surface area (TPSA) is 47.3 Å². The molecule has 0 saturated carbocycles. The van der Waals surface area contributed by atoms with Gasteiger partial charge in [0.15, 0.2) is 0 Å². The number of aliphatic hydroxyl groups excluding tert-OH is 1. The number of ether oxygens (including phenoxy) is 1. The van der Waals surface area contributed by atoms with E-state index in [-0.39, 0.29) is 6.10 Å². The molecule has 1 atom stereocenters. The molecule has 0 fully saturated rings. The minimum Gasteiger partial charge on any atom is -0.487 e. The summed E-state index contributed by atoms with van der Waals surface area (Å²) in [5, 5.41) is 14.5. The Balaban J connectivity index is 1.69. The third-order valence-corrected chi connectivity index (χ3v) is 3.98. The lowest BCUT2D eigenvalue weighted by atomic mass is 9.89. The van der Waals surface area contributed by atoms with E-state index >= 15 is 0 Å². The predicted molar refractivity (Wildman–Crippen MR) is 81.3 cm³/mol. The van der Waals surface area contributed by atoms with E-state index in [0.29, 0.717) is 12.6 Å². The van der Waals surface area contributed by atoms with Crippen LogP contribution < -0.4 is 4.74 Å². The zero-order chi connectivity index (χ0) is 14.8. The molecule has 0 saturated heterocycles. The van der Waals surface area contributed by atoms with Crippen LogP contribution in [-0.2, 0) is 13.0 Å². The second-order valence-corrected chi connectivity index (χ2v) is 5.94. The highest BCUT2D eigenvalue weighted by molar-refractivity contribution is 5.38. The first-order valence-electron chi connectivity index (χ1n) is 7.61. The van der Waals surface area contributed by atoms with Gasteiger partial charge in [0.1, 0.15) is 12.4 Å². The molecule has 4 nitrogen and oxygen atoms in total. The van der Waals surface area contributed by atoms with Crippen LogP contribution in [0.4, 0.5) is 0 Å². The van der Waals surface area contributed by atoms with E-state index in [1.807, 2.05) is 29.1 Å². The molecule has 0 aliphatic heterocycles. The standard InChI is InChI=1S/C17H22N2O2/c1-12(2)19-9-8-14(18-19)11-21-15-7-6-13-4-3-5-17(20)16(13)10-15/h6-10,12,17,20H,3-5,11H2,1-2H3. The largest absolute Gasteiger partial charge is 0.487 e. The van der Waals surface area contributed by atoms with Crippen LogP contribution in [0.3, 0.4) is 0 Å². The van der Waals surface area contributed by atoms with Crippen molar-refractivity contribution in [3.05, 3.63) is 47.3 Å². The van der Waals surface area contributed by atoms with Crippen molar-refractivity contribution in [3.63, 3.8) is 0 Å². The third-order valence-electron chi connectivity index (χ3n) is 3.98. The second-order valence-electron chi connectivity index (χ2n) is 5.94. The van der Waals surface area contributed by atoms with Crippen LogP contribution in [0.25, 0.3) is 0 Å². The zero-order valence-electron chi connectivity index (χ0n) is 12.6. The maximum absolute atomic E-state index is 10.1. The summed E-state index contributed by atoms with van der Waals surface area (Å²) in [4.78, 5) is 0. The molecule has 1 heterocycles. The van der Waals surface area contributed by atoms with Crippen LogP contribution in [0.1, 0.15) is 55.7 Å². The number of nitrogens with zero attached hydrogens (tertiary/aromatic N) is 2. The van der Waals surface area contributed by atoms with Gasteiger partial charge in [0.25, 0.3) is 0 Å². The monoisotopic (exact) mass is 286 g/mol. The Morgan fingerprint density at radius 3 is 3.00 bits per heavy atom. The number of hydrogen-bond acceptors (Lipinski definition) is 3. The fourth-order valence-corrected chi connectivity index (χ4v) is 2.74. The van der Waals surface area contributed by atoms with E-state index in [9.17, 15) is 5.11 Å². The lowest BCUT2D eigenvalue weighted by Crippen LogP contribution is -2.09. The Labute approximate surface area is 125 Å². The summed E-state index contributed by atoms with van der Waals surface area (Å²) in [6, 6.07) is 8.36. The molecule has 0 spiro atoms. The Morgan fingerprint density at radius 2 is 2.24 bits per heavy atom. The van der Waals surface area contributed by atoms with Gasteiger partial charge in [0.05, 0.1) is 11.8 Å². The van der Waals surface area contributed by atoms with Crippen LogP contribution >= 0.6 is 0 Å². The number of aromatic nitrogens is 2. The van der Waals surface area contributed by atoms with Crippen molar-refractivity contribution in [1.29, 1.82) is 0 Å². The van der Waals surface area contributed by atoms with E-state index in [0.717, 1.165) is 36.3 Å². The molecule has 1 aromatic carbocycles. The van der Waals surface area contributed by atoms with E-state index in [1.165, 1.54) is 5.56 Å². The predicted octanol–water partition coefficient (Wildman–Crippen LogP) is 3.41. The third kappa shape index (κ3) is 3.10. The number of rotatable bonds is 4. The quantitative estimate of drug-likeness (QED) is 0.937. The van der Waals surface area contributed by atoms with Crippen LogP contribution in [0.15, 0.2) is 30.5 Å². The summed E-state index contributed by atoms with van der Waals surface area (Å²) >= 11 is 0. The normalized spacial score (nSPS) is 17.8. The fraction of sp³-hybridized carbons (Fsp3) is 0.471. The van der Waals surface area contributed by atoms with Crippen molar-refractivity contribution in [2.24, 2.45) is 0 Å². The lowest BCUT2D eigenvalue weighted by molar-refractivity contribution is 0.156. The van der Waals surface area contributed by atoms with Gasteiger partial charge in [-0.1, -0.05) is 6.07 Å². The second kappa shape index (κ2) is 5.90. The van der Waals surface area contributed by atoms with Gasteiger partial charge in [-0.25, -0.2) is 0 Å². The fourth-order valence-electron chi connectivity index (χ4n) is 2.74. The van der Waals surface area contributed by atoms with Crippen molar-refractivity contribution in [2.45, 2.75) is 51.9 Å². The van der Waals surface area contributed by atoms with Crippen LogP contribution in [0.5, 0.6) is 5.75 Å². The SMILES string of the molecule is CC(C)n1ccc(COc2ccc3c(c2)C(O)CCC3)n1. The van der Waals surface area contributed by atoms with Crippen molar-refractivity contribution in [2.75, 3.05) is 0 Å². The van der Waals surface area contributed by atoms with Crippen LogP contribution in [0, 0.1) is 0 Å². The molecule has 0 radical (unpaired) electrons. The van der Waals surface area contributed by atoms with Gasteiger partial charge < -0.3 is 9.84 Å². The van der Waals surface area contributed by atoms with Crippen molar-refractivity contribution < 1.29 is 9.84 Å². The average Bonchev–Trinajstić information content (AvgIpc) is 2.95. The van der Waals surface area contributed by atoms with Gasteiger partial charge in [-0.3, -0.25) is 4.68 Å². The van der Waals surface area contributed by atoms with Crippen LogP contribution in [0.2, 0.25) is 0 Å². The molecule has 4 heteroatoms. The number of fused-ring (bicyclic) bond motifs is 1. The highest BCUT2D eigenvalue weighted by Crippen LogP contribution is 2.32. The maximum Gasteiger partial charge on any atom is 0.132 e. The number of aryl methyl sites for hydroxylation is 1. The van der Waals surface area contributed by atoms with Gasteiger partial charge in [0, 0.05) is 12.2 Å². The molecular formula is C17H22N2O2. The minimum absolute atomic E-state index is 0.350. The Kier molecular flexibility index (Phi) is 3.97. The van der Waals surface area contributed by atoms with E-state index in [2.05, 4.69) is 25.0 Å². The molecule has 0 bridgehead atoms.